The van der Waals surface area contributed by atoms with Crippen molar-refractivity contribution in [2.45, 2.75) is 56.6 Å². The molecule has 3 aliphatic carbocycles. The van der Waals surface area contributed by atoms with E-state index < -0.39 is 0 Å². The molecule has 3 fully saturated rings. The molecule has 0 unspecified atom stereocenters. The Labute approximate surface area is 139 Å². The van der Waals surface area contributed by atoms with Crippen molar-refractivity contribution in [3.63, 3.8) is 0 Å². The minimum atomic E-state index is -0.0400. The zero-order chi connectivity index (χ0) is 16.8. The first kappa shape index (κ1) is 15.1. The first-order chi connectivity index (χ1) is 11.5. The van der Waals surface area contributed by atoms with Gasteiger partial charge in [0.2, 0.25) is 12.3 Å². The second-order valence-corrected chi connectivity index (χ2v) is 7.22. The smallest absolute Gasteiger partial charge is 0.253 e. The van der Waals surface area contributed by atoms with Crippen molar-refractivity contribution < 1.29 is 13.9 Å². The Bertz CT molecular complexity index is 734. The third kappa shape index (κ3) is 2.35. The van der Waals surface area contributed by atoms with Crippen molar-refractivity contribution >= 4 is 6.41 Å². The summed E-state index contributed by atoms with van der Waals surface area (Å²) in [5.41, 5.74) is 0.960. The van der Waals surface area contributed by atoms with Crippen LogP contribution in [0.5, 0.6) is 5.75 Å². The van der Waals surface area contributed by atoms with Crippen LogP contribution in [0.3, 0.4) is 0 Å². The van der Waals surface area contributed by atoms with Gasteiger partial charge in [-0.05, 0) is 37.3 Å². The lowest BCUT2D eigenvalue weighted by Gasteiger charge is -2.68. The fraction of sp³-hybridized carbons (Fsp3) is 0.529. The lowest BCUT2D eigenvalue weighted by atomic mass is 9.39. The average molecular weight is 328 g/mol. The van der Waals surface area contributed by atoms with Crippen molar-refractivity contribution in [1.82, 2.24) is 20.5 Å². The molecular formula is C17H20N4O3. The van der Waals surface area contributed by atoms with Gasteiger partial charge in [0.25, 0.3) is 5.89 Å². The number of carbonyl (C=O) groups is 1. The predicted octanol–water partition coefficient (Wildman–Crippen LogP) is 2.09. The van der Waals surface area contributed by atoms with Crippen LogP contribution in [-0.2, 0) is 16.8 Å². The maximum atomic E-state index is 10.6. The summed E-state index contributed by atoms with van der Waals surface area (Å²) in [5, 5.41) is 11.1. The summed E-state index contributed by atoms with van der Waals surface area (Å²) >= 11 is 0. The highest BCUT2D eigenvalue weighted by molar-refractivity contribution is 5.52. The van der Waals surface area contributed by atoms with Crippen LogP contribution < -0.4 is 10.1 Å². The fourth-order valence-corrected chi connectivity index (χ4v) is 3.78. The zero-order valence-corrected chi connectivity index (χ0v) is 13.8. The van der Waals surface area contributed by atoms with Crippen molar-refractivity contribution in [1.29, 1.82) is 0 Å². The van der Waals surface area contributed by atoms with E-state index in [1.807, 2.05) is 12.1 Å². The van der Waals surface area contributed by atoms with Crippen LogP contribution in [0.15, 0.2) is 22.7 Å². The molecule has 2 aromatic rings. The van der Waals surface area contributed by atoms with Gasteiger partial charge in [0.05, 0.1) is 11.6 Å². The summed E-state index contributed by atoms with van der Waals surface area (Å²) in [7, 11) is 0. The number of hydrogen-bond acceptors (Lipinski definition) is 6. The number of carbonyl (C=O) groups excluding carboxylic acids is 1. The molecule has 1 amide bonds. The SMILES string of the molecule is CC(C)c1ccc(OCc2nnc(C34CC(NC=O)(C3)C4)o2)cn1. The quantitative estimate of drug-likeness (QED) is 0.783. The number of rotatable bonds is 7. The van der Waals surface area contributed by atoms with Crippen LogP contribution in [0.4, 0.5) is 0 Å². The maximum Gasteiger partial charge on any atom is 0.253 e. The van der Waals surface area contributed by atoms with Crippen LogP contribution in [0, 0.1) is 0 Å². The summed E-state index contributed by atoms with van der Waals surface area (Å²) < 4.78 is 11.4. The van der Waals surface area contributed by atoms with E-state index in [0.717, 1.165) is 31.4 Å². The molecule has 24 heavy (non-hydrogen) atoms. The summed E-state index contributed by atoms with van der Waals surface area (Å²) in [4.78, 5) is 14.9. The Morgan fingerprint density at radius 3 is 2.75 bits per heavy atom. The van der Waals surface area contributed by atoms with Crippen molar-refractivity contribution in [3.8, 4) is 5.75 Å². The summed E-state index contributed by atoms with van der Waals surface area (Å²) in [5.74, 6) is 2.19. The van der Waals surface area contributed by atoms with E-state index in [2.05, 4.69) is 34.3 Å². The largest absolute Gasteiger partial charge is 0.482 e. The van der Waals surface area contributed by atoms with Crippen LogP contribution in [0.2, 0.25) is 0 Å². The highest BCUT2D eigenvalue weighted by Gasteiger charge is 2.71. The molecule has 2 heterocycles. The Morgan fingerprint density at radius 1 is 1.33 bits per heavy atom. The number of amides is 1. The van der Waals surface area contributed by atoms with Crippen LogP contribution in [0.25, 0.3) is 0 Å². The molecule has 0 spiro atoms. The first-order valence-electron chi connectivity index (χ1n) is 8.17. The number of hydrogen-bond donors (Lipinski definition) is 1. The van der Waals surface area contributed by atoms with Crippen LogP contribution >= 0.6 is 0 Å². The molecule has 7 nitrogen and oxygen atoms in total. The van der Waals surface area contributed by atoms with Gasteiger partial charge in [-0.15, -0.1) is 10.2 Å². The predicted molar refractivity (Wildman–Crippen MR) is 84.4 cm³/mol. The molecule has 126 valence electrons. The molecule has 2 bridgehead atoms. The van der Waals surface area contributed by atoms with Gasteiger partial charge in [-0.25, -0.2) is 0 Å². The lowest BCUT2D eigenvalue weighted by Crippen LogP contribution is -2.75. The molecule has 3 aliphatic rings. The number of pyridine rings is 1. The van der Waals surface area contributed by atoms with E-state index in [4.69, 9.17) is 9.15 Å². The van der Waals surface area contributed by atoms with Gasteiger partial charge in [0.15, 0.2) is 6.61 Å². The first-order valence-corrected chi connectivity index (χ1v) is 8.17. The maximum absolute atomic E-state index is 10.6. The van der Waals surface area contributed by atoms with Gasteiger partial charge >= 0.3 is 0 Å². The van der Waals surface area contributed by atoms with Gasteiger partial charge in [-0.2, -0.15) is 0 Å². The Kier molecular flexibility index (Phi) is 3.33. The van der Waals surface area contributed by atoms with E-state index in [1.54, 1.807) is 6.20 Å². The van der Waals surface area contributed by atoms with E-state index in [1.165, 1.54) is 0 Å². The van der Waals surface area contributed by atoms with E-state index in [0.29, 0.717) is 23.4 Å². The number of ether oxygens (including phenoxy) is 1. The molecule has 7 heteroatoms. The van der Waals surface area contributed by atoms with Crippen LogP contribution in [0.1, 0.15) is 56.5 Å². The van der Waals surface area contributed by atoms with Crippen LogP contribution in [-0.4, -0.2) is 27.1 Å². The molecular weight excluding hydrogens is 308 g/mol. The molecule has 5 rings (SSSR count). The Balaban J connectivity index is 1.34. The molecule has 0 aromatic carbocycles. The summed E-state index contributed by atoms with van der Waals surface area (Å²) in [6, 6.07) is 3.86. The highest BCUT2D eigenvalue weighted by atomic mass is 16.5. The molecule has 0 aliphatic heterocycles. The standard InChI is InChI=1S/C17H20N4O3/c1-11(2)13-4-3-12(5-18-13)23-6-14-20-21-15(24-14)16-7-17(8-16,9-16)19-10-22/h3-5,10-11H,6-9H2,1-2H3,(H,19,22). The Morgan fingerprint density at radius 2 is 2.12 bits per heavy atom. The fourth-order valence-electron chi connectivity index (χ4n) is 3.78. The number of aromatic nitrogens is 3. The molecule has 0 radical (unpaired) electrons. The second-order valence-electron chi connectivity index (χ2n) is 7.22. The Hall–Kier alpha value is -2.44. The molecule has 0 atom stereocenters. The molecule has 0 saturated heterocycles. The van der Waals surface area contributed by atoms with E-state index >= 15 is 0 Å². The van der Waals surface area contributed by atoms with Gasteiger partial charge in [0, 0.05) is 11.2 Å². The van der Waals surface area contributed by atoms with Crippen molar-refractivity contribution in [2.24, 2.45) is 0 Å². The highest BCUT2D eigenvalue weighted by Crippen LogP contribution is 2.67. The number of nitrogens with one attached hydrogen (secondary N) is 1. The minimum Gasteiger partial charge on any atom is -0.482 e. The summed E-state index contributed by atoms with van der Waals surface area (Å²) in [6.07, 6.45) is 5.11. The van der Waals surface area contributed by atoms with Crippen molar-refractivity contribution in [2.75, 3.05) is 0 Å². The van der Waals surface area contributed by atoms with Gasteiger partial charge < -0.3 is 14.5 Å². The van der Waals surface area contributed by atoms with E-state index in [-0.39, 0.29) is 17.6 Å². The zero-order valence-electron chi connectivity index (χ0n) is 13.8. The molecule has 2 aromatic heterocycles. The third-order valence-electron chi connectivity index (χ3n) is 5.03. The third-order valence-corrected chi connectivity index (χ3v) is 5.03. The average Bonchev–Trinajstić information content (AvgIpc) is 2.96. The lowest BCUT2D eigenvalue weighted by molar-refractivity contribution is -0.131. The van der Waals surface area contributed by atoms with Crippen molar-refractivity contribution in [3.05, 3.63) is 35.8 Å². The monoisotopic (exact) mass is 328 g/mol. The van der Waals surface area contributed by atoms with Gasteiger partial charge in [-0.1, -0.05) is 13.8 Å². The topological polar surface area (TPSA) is 90.1 Å². The van der Waals surface area contributed by atoms with Gasteiger partial charge in [-0.3, -0.25) is 9.78 Å². The minimum absolute atomic E-state index is 0.0310. The normalized spacial score (nSPS) is 27.3. The second kappa shape index (κ2) is 5.29. The molecule has 3 saturated carbocycles. The molecule has 1 N–H and O–H groups in total. The number of nitrogens with zero attached hydrogens (tertiary/aromatic N) is 3. The van der Waals surface area contributed by atoms with E-state index in [9.17, 15) is 4.79 Å². The van der Waals surface area contributed by atoms with Gasteiger partial charge in [0.1, 0.15) is 5.75 Å². The summed E-state index contributed by atoms with van der Waals surface area (Å²) in [6.45, 7) is 4.43.